The molecule has 0 bridgehead atoms. The highest BCUT2D eigenvalue weighted by molar-refractivity contribution is 6.33. The Morgan fingerprint density at radius 1 is 0.897 bits per heavy atom. The van der Waals surface area contributed by atoms with Crippen molar-refractivity contribution in [1.29, 1.82) is 0 Å². The lowest BCUT2D eigenvalue weighted by Gasteiger charge is -2.21. The predicted molar refractivity (Wildman–Crippen MR) is 117 cm³/mol. The Morgan fingerprint density at radius 3 is 2.34 bits per heavy atom. The molecule has 0 aliphatic rings. The average Bonchev–Trinajstić information content (AvgIpc) is 2.77. The van der Waals surface area contributed by atoms with Crippen LogP contribution in [-0.4, -0.2) is 27.3 Å². The largest absolute Gasteiger partial charge is 0.332 e. The van der Waals surface area contributed by atoms with Crippen molar-refractivity contribution in [2.75, 3.05) is 6.54 Å². The molecule has 3 aromatic carbocycles. The number of nitrogens with zero attached hydrogens (tertiary/aromatic N) is 3. The molecule has 1 aromatic heterocycles. The number of fused-ring (bicyclic) bond motifs is 1. The van der Waals surface area contributed by atoms with E-state index in [9.17, 15) is 4.79 Å². The molecule has 0 aliphatic carbocycles. The van der Waals surface area contributed by atoms with Gasteiger partial charge in [0.15, 0.2) is 0 Å². The Labute approximate surface area is 174 Å². The fourth-order valence-electron chi connectivity index (χ4n) is 3.30. The molecule has 0 fully saturated rings. The van der Waals surface area contributed by atoms with Gasteiger partial charge in [0.1, 0.15) is 0 Å². The van der Waals surface area contributed by atoms with Gasteiger partial charge in [0.2, 0.25) is 5.82 Å². The van der Waals surface area contributed by atoms with Crippen LogP contribution in [0.4, 0.5) is 0 Å². The van der Waals surface area contributed by atoms with E-state index in [4.69, 9.17) is 11.6 Å². The topological polar surface area (TPSA) is 46.1 Å². The molecule has 1 heterocycles. The van der Waals surface area contributed by atoms with E-state index < -0.39 is 0 Å². The summed E-state index contributed by atoms with van der Waals surface area (Å²) in [5.74, 6) is -0.0215. The monoisotopic (exact) mass is 401 g/mol. The molecule has 0 atom stereocenters. The van der Waals surface area contributed by atoms with Crippen molar-refractivity contribution in [2.24, 2.45) is 0 Å². The van der Waals surface area contributed by atoms with Gasteiger partial charge in [-0.2, -0.15) is 0 Å². The zero-order valence-corrected chi connectivity index (χ0v) is 16.8. The summed E-state index contributed by atoms with van der Waals surface area (Å²) < 4.78 is 0. The maximum absolute atomic E-state index is 13.3. The van der Waals surface area contributed by atoms with Crippen molar-refractivity contribution in [3.63, 3.8) is 0 Å². The van der Waals surface area contributed by atoms with Crippen molar-refractivity contribution in [3.8, 4) is 11.3 Å². The molecule has 0 radical (unpaired) electrons. The van der Waals surface area contributed by atoms with Crippen LogP contribution >= 0.6 is 11.6 Å². The first-order chi connectivity index (χ1) is 14.2. The Morgan fingerprint density at radius 2 is 1.59 bits per heavy atom. The second kappa shape index (κ2) is 8.41. The third-order valence-corrected chi connectivity index (χ3v) is 5.14. The van der Waals surface area contributed by atoms with Crippen LogP contribution in [0.3, 0.4) is 0 Å². The van der Waals surface area contributed by atoms with E-state index in [0.717, 1.165) is 22.0 Å². The van der Waals surface area contributed by atoms with E-state index in [1.165, 1.54) is 0 Å². The van der Waals surface area contributed by atoms with Crippen LogP contribution < -0.4 is 0 Å². The Hall–Kier alpha value is -3.24. The maximum atomic E-state index is 13.3. The van der Waals surface area contributed by atoms with Crippen LogP contribution in [0.2, 0.25) is 5.02 Å². The highest BCUT2D eigenvalue weighted by Gasteiger charge is 2.21. The standard InChI is InChI=1S/C24H20ClN3O/c1-2-28(16-17-10-4-3-5-11-17)24(29)23-26-21-15-9-7-13-19(21)22(27-23)18-12-6-8-14-20(18)25/h3-15H,2,16H2,1H3. The second-order valence-electron chi connectivity index (χ2n) is 6.70. The van der Waals surface area contributed by atoms with Crippen LogP contribution in [0.1, 0.15) is 23.1 Å². The molecule has 0 saturated heterocycles. The summed E-state index contributed by atoms with van der Waals surface area (Å²) in [5.41, 5.74) is 3.24. The lowest BCUT2D eigenvalue weighted by atomic mass is 10.1. The van der Waals surface area contributed by atoms with Gasteiger partial charge in [-0.15, -0.1) is 0 Å². The van der Waals surface area contributed by atoms with Gasteiger partial charge in [-0.1, -0.05) is 78.3 Å². The molecule has 5 heteroatoms. The summed E-state index contributed by atoms with van der Waals surface area (Å²) in [7, 11) is 0. The van der Waals surface area contributed by atoms with Crippen molar-refractivity contribution < 1.29 is 4.79 Å². The summed E-state index contributed by atoms with van der Waals surface area (Å²) in [6, 6.07) is 25.1. The van der Waals surface area contributed by atoms with Gasteiger partial charge in [-0.3, -0.25) is 4.79 Å². The summed E-state index contributed by atoms with van der Waals surface area (Å²) in [5, 5.41) is 1.45. The van der Waals surface area contributed by atoms with E-state index in [1.807, 2.05) is 85.8 Å². The van der Waals surface area contributed by atoms with Gasteiger partial charge in [0, 0.05) is 29.1 Å². The molecule has 144 valence electrons. The molecular formula is C24H20ClN3O. The van der Waals surface area contributed by atoms with E-state index in [1.54, 1.807) is 4.90 Å². The van der Waals surface area contributed by atoms with Gasteiger partial charge in [-0.05, 0) is 24.6 Å². The van der Waals surface area contributed by atoms with Crippen molar-refractivity contribution >= 4 is 28.4 Å². The van der Waals surface area contributed by atoms with Crippen LogP contribution in [0.15, 0.2) is 78.9 Å². The van der Waals surface area contributed by atoms with Gasteiger partial charge < -0.3 is 4.90 Å². The van der Waals surface area contributed by atoms with Crippen LogP contribution in [0, 0.1) is 0 Å². The molecule has 4 aromatic rings. The lowest BCUT2D eigenvalue weighted by molar-refractivity contribution is 0.0741. The number of benzene rings is 3. The summed E-state index contributed by atoms with van der Waals surface area (Å²) in [6.45, 7) is 3.02. The first-order valence-corrected chi connectivity index (χ1v) is 9.90. The second-order valence-corrected chi connectivity index (χ2v) is 7.10. The van der Waals surface area contributed by atoms with Crippen LogP contribution in [0.5, 0.6) is 0 Å². The number of halogens is 1. The highest BCUT2D eigenvalue weighted by atomic mass is 35.5. The fraction of sp³-hybridized carbons (Fsp3) is 0.125. The number of aromatic nitrogens is 2. The number of rotatable bonds is 5. The molecule has 0 saturated carbocycles. The predicted octanol–water partition coefficient (Wildman–Crippen LogP) is 5.61. The van der Waals surface area contributed by atoms with Crippen molar-refractivity contribution in [3.05, 3.63) is 95.3 Å². The summed E-state index contributed by atoms with van der Waals surface area (Å²) >= 11 is 6.43. The van der Waals surface area contributed by atoms with Crippen molar-refractivity contribution in [1.82, 2.24) is 14.9 Å². The molecule has 4 rings (SSSR count). The number of hydrogen-bond acceptors (Lipinski definition) is 3. The maximum Gasteiger partial charge on any atom is 0.291 e. The number of carbonyl (C=O) groups is 1. The third-order valence-electron chi connectivity index (χ3n) is 4.81. The van der Waals surface area contributed by atoms with Crippen LogP contribution in [0.25, 0.3) is 22.2 Å². The minimum absolute atomic E-state index is 0.177. The summed E-state index contributed by atoms with van der Waals surface area (Å²) in [4.78, 5) is 24.2. The SMILES string of the molecule is CCN(Cc1ccccc1)C(=O)c1nc(-c2ccccc2Cl)c2ccccc2n1. The van der Waals surface area contributed by atoms with E-state index in [2.05, 4.69) is 9.97 Å². The third kappa shape index (κ3) is 3.98. The molecular weight excluding hydrogens is 382 g/mol. The molecule has 29 heavy (non-hydrogen) atoms. The molecule has 4 nitrogen and oxygen atoms in total. The van der Waals surface area contributed by atoms with Gasteiger partial charge in [-0.25, -0.2) is 9.97 Å². The van der Waals surface area contributed by atoms with E-state index >= 15 is 0 Å². The van der Waals surface area contributed by atoms with Gasteiger partial charge in [0.05, 0.1) is 11.2 Å². The first kappa shape index (κ1) is 19.1. The Bertz CT molecular complexity index is 1160. The van der Waals surface area contributed by atoms with E-state index in [-0.39, 0.29) is 11.7 Å². The molecule has 0 N–H and O–H groups in total. The number of carbonyl (C=O) groups excluding carboxylic acids is 1. The Balaban J connectivity index is 1.79. The smallest absolute Gasteiger partial charge is 0.291 e. The van der Waals surface area contributed by atoms with Gasteiger partial charge >= 0.3 is 0 Å². The minimum Gasteiger partial charge on any atom is -0.332 e. The quantitative estimate of drug-likeness (QED) is 0.436. The molecule has 0 spiro atoms. The first-order valence-electron chi connectivity index (χ1n) is 9.52. The molecule has 1 amide bonds. The average molecular weight is 402 g/mol. The van der Waals surface area contributed by atoms with E-state index in [0.29, 0.717) is 23.8 Å². The van der Waals surface area contributed by atoms with Crippen molar-refractivity contribution in [2.45, 2.75) is 13.5 Å². The Kier molecular flexibility index (Phi) is 5.54. The fourth-order valence-corrected chi connectivity index (χ4v) is 3.53. The van der Waals surface area contributed by atoms with Gasteiger partial charge in [0.25, 0.3) is 5.91 Å². The summed E-state index contributed by atoms with van der Waals surface area (Å²) in [6.07, 6.45) is 0. The minimum atomic E-state index is -0.199. The molecule has 0 unspecified atom stereocenters. The zero-order valence-electron chi connectivity index (χ0n) is 16.0. The molecule has 0 aliphatic heterocycles. The number of amides is 1. The normalized spacial score (nSPS) is 10.8. The number of para-hydroxylation sites is 1. The zero-order chi connectivity index (χ0) is 20.2. The highest BCUT2D eigenvalue weighted by Crippen LogP contribution is 2.31. The number of hydrogen-bond donors (Lipinski definition) is 0. The van der Waals surface area contributed by atoms with Crippen LogP contribution in [-0.2, 0) is 6.54 Å². The lowest BCUT2D eigenvalue weighted by Crippen LogP contribution is -2.31.